The van der Waals surface area contributed by atoms with Crippen LogP contribution in [0.15, 0.2) is 48.5 Å². The molecular formula is C26H30N2O6. The molecule has 3 N–H and O–H groups in total. The molecular weight excluding hydrogens is 436 g/mol. The van der Waals surface area contributed by atoms with Crippen molar-refractivity contribution in [3.05, 3.63) is 59.7 Å². The molecule has 2 aliphatic rings. The number of aliphatic hydroxyl groups excluding tert-OH is 1. The SMILES string of the molecule is CCC[C@H](CC(=O)N1C[C@@H](O)C[C@H]1C(=O)O)NC(=O)OCC1c2ccccc2-c2ccccc21. The van der Waals surface area contributed by atoms with Crippen molar-refractivity contribution in [1.82, 2.24) is 10.2 Å². The van der Waals surface area contributed by atoms with Crippen molar-refractivity contribution in [2.75, 3.05) is 13.2 Å². The van der Waals surface area contributed by atoms with Gasteiger partial charge in [-0.25, -0.2) is 9.59 Å². The molecule has 1 aliphatic carbocycles. The minimum atomic E-state index is -1.14. The molecule has 0 unspecified atom stereocenters. The summed E-state index contributed by atoms with van der Waals surface area (Å²) in [5.74, 6) is -1.60. The second kappa shape index (κ2) is 10.3. The smallest absolute Gasteiger partial charge is 0.407 e. The fourth-order valence-corrected chi connectivity index (χ4v) is 5.03. The van der Waals surface area contributed by atoms with Gasteiger partial charge in [0, 0.05) is 31.3 Å². The van der Waals surface area contributed by atoms with Gasteiger partial charge in [-0.15, -0.1) is 0 Å². The topological polar surface area (TPSA) is 116 Å². The zero-order chi connectivity index (χ0) is 24.2. The van der Waals surface area contributed by atoms with E-state index < -0.39 is 36.2 Å². The lowest BCUT2D eigenvalue weighted by Crippen LogP contribution is -2.45. The van der Waals surface area contributed by atoms with Gasteiger partial charge >= 0.3 is 12.1 Å². The first-order valence-electron chi connectivity index (χ1n) is 11.7. The number of rotatable bonds is 8. The van der Waals surface area contributed by atoms with Crippen molar-refractivity contribution in [2.24, 2.45) is 0 Å². The molecule has 0 saturated carbocycles. The summed E-state index contributed by atoms with van der Waals surface area (Å²) in [4.78, 5) is 38.0. The number of aliphatic hydroxyl groups is 1. The highest BCUT2D eigenvalue weighted by Gasteiger charge is 2.39. The number of aliphatic carboxylic acids is 1. The zero-order valence-corrected chi connectivity index (χ0v) is 19.1. The van der Waals surface area contributed by atoms with Crippen LogP contribution in [0.4, 0.5) is 4.79 Å². The molecule has 1 saturated heterocycles. The van der Waals surface area contributed by atoms with Crippen molar-refractivity contribution in [3.8, 4) is 11.1 Å². The second-order valence-electron chi connectivity index (χ2n) is 8.95. The highest BCUT2D eigenvalue weighted by molar-refractivity contribution is 5.85. The number of nitrogens with one attached hydrogen (secondary N) is 1. The number of carbonyl (C=O) groups excluding carboxylic acids is 2. The number of hydrogen-bond acceptors (Lipinski definition) is 5. The number of likely N-dealkylation sites (tertiary alicyclic amines) is 1. The third-order valence-corrected chi connectivity index (χ3v) is 6.61. The Hall–Kier alpha value is -3.39. The van der Waals surface area contributed by atoms with Gasteiger partial charge in [0.2, 0.25) is 5.91 Å². The van der Waals surface area contributed by atoms with Crippen LogP contribution in [0.1, 0.15) is 49.7 Å². The third kappa shape index (κ3) is 4.92. The second-order valence-corrected chi connectivity index (χ2v) is 8.95. The van der Waals surface area contributed by atoms with Gasteiger partial charge in [0.05, 0.1) is 6.10 Å². The van der Waals surface area contributed by atoms with Gasteiger partial charge in [-0.1, -0.05) is 61.9 Å². The van der Waals surface area contributed by atoms with E-state index in [0.717, 1.165) is 28.7 Å². The number of nitrogens with zero attached hydrogens (tertiary/aromatic N) is 1. The van der Waals surface area contributed by atoms with E-state index in [1.807, 2.05) is 43.3 Å². The lowest BCUT2D eigenvalue weighted by atomic mass is 9.98. The largest absolute Gasteiger partial charge is 0.480 e. The van der Waals surface area contributed by atoms with Gasteiger partial charge in [0.15, 0.2) is 0 Å². The average Bonchev–Trinajstić information content (AvgIpc) is 3.36. The monoisotopic (exact) mass is 466 g/mol. The van der Waals surface area contributed by atoms with Gasteiger partial charge in [0.1, 0.15) is 12.6 Å². The van der Waals surface area contributed by atoms with Crippen LogP contribution in [-0.2, 0) is 14.3 Å². The summed E-state index contributed by atoms with van der Waals surface area (Å²) in [5, 5.41) is 21.9. The summed E-state index contributed by atoms with van der Waals surface area (Å²) in [7, 11) is 0. The minimum Gasteiger partial charge on any atom is -0.480 e. The number of amides is 2. The highest BCUT2D eigenvalue weighted by atomic mass is 16.5. The lowest BCUT2D eigenvalue weighted by molar-refractivity contribution is -0.148. The summed E-state index contributed by atoms with van der Waals surface area (Å²) in [6, 6.07) is 14.6. The normalized spacial score (nSPS) is 19.9. The van der Waals surface area contributed by atoms with Gasteiger partial charge in [-0.3, -0.25) is 4.79 Å². The van der Waals surface area contributed by atoms with Crippen LogP contribution < -0.4 is 5.32 Å². The van der Waals surface area contributed by atoms with Crippen molar-refractivity contribution in [1.29, 1.82) is 0 Å². The minimum absolute atomic E-state index is 0.0132. The standard InChI is InChI=1S/C26H30N2O6/c1-2-7-16(12-24(30)28-14-17(29)13-23(28)25(31)32)27-26(33)34-15-22-20-10-5-3-8-18(20)19-9-4-6-11-21(19)22/h3-6,8-11,16-17,22-23,29H,2,7,12-15H2,1H3,(H,27,33)(H,31,32)/t16-,17+,23+/m1/s1. The number of carboxylic acid groups (broad SMARTS) is 1. The molecule has 0 spiro atoms. The number of hydrogen-bond donors (Lipinski definition) is 3. The zero-order valence-electron chi connectivity index (χ0n) is 19.1. The molecule has 2 amide bonds. The van der Waals surface area contributed by atoms with Crippen LogP contribution in [0.2, 0.25) is 0 Å². The molecule has 1 fully saturated rings. The molecule has 1 aliphatic heterocycles. The molecule has 2 aromatic rings. The van der Waals surface area contributed by atoms with Crippen molar-refractivity contribution < 1.29 is 29.3 Å². The number of carboxylic acids is 1. The molecule has 34 heavy (non-hydrogen) atoms. The van der Waals surface area contributed by atoms with Gasteiger partial charge in [0.25, 0.3) is 0 Å². The fourth-order valence-electron chi connectivity index (χ4n) is 5.03. The molecule has 0 radical (unpaired) electrons. The summed E-state index contributed by atoms with van der Waals surface area (Å²) in [6.07, 6.45) is -0.223. The van der Waals surface area contributed by atoms with Crippen LogP contribution in [0.3, 0.4) is 0 Å². The molecule has 8 nitrogen and oxygen atoms in total. The maximum absolute atomic E-state index is 12.8. The Morgan fingerprint density at radius 2 is 1.71 bits per heavy atom. The Labute approximate surface area is 198 Å². The van der Waals surface area contributed by atoms with Crippen LogP contribution in [0.5, 0.6) is 0 Å². The number of fused-ring (bicyclic) bond motifs is 3. The third-order valence-electron chi connectivity index (χ3n) is 6.61. The van der Waals surface area contributed by atoms with Gasteiger partial charge < -0.3 is 25.2 Å². The summed E-state index contributed by atoms with van der Waals surface area (Å²) in [6.45, 7) is 2.10. The first-order chi connectivity index (χ1) is 16.4. The van der Waals surface area contributed by atoms with E-state index in [9.17, 15) is 24.6 Å². The molecule has 1 heterocycles. The number of ether oxygens (including phenoxy) is 1. The quantitative estimate of drug-likeness (QED) is 0.551. The van der Waals surface area contributed by atoms with Gasteiger partial charge in [-0.05, 0) is 28.7 Å². The van der Waals surface area contributed by atoms with E-state index in [-0.39, 0.29) is 31.9 Å². The van der Waals surface area contributed by atoms with Crippen LogP contribution in [0, 0.1) is 0 Å². The Bertz CT molecular complexity index is 1030. The maximum Gasteiger partial charge on any atom is 0.407 e. The molecule has 2 aromatic carbocycles. The van der Waals surface area contributed by atoms with E-state index in [1.54, 1.807) is 0 Å². The number of β-amino-alcohol motifs (C(OH)–C–C–N with tert-alkyl or cyclic N) is 1. The number of alkyl carbamates (subject to hydrolysis) is 1. The Morgan fingerprint density at radius 1 is 1.09 bits per heavy atom. The van der Waals surface area contributed by atoms with E-state index >= 15 is 0 Å². The molecule has 3 atom stereocenters. The molecule has 0 bridgehead atoms. The van der Waals surface area contributed by atoms with E-state index in [1.165, 1.54) is 4.90 Å². The number of benzene rings is 2. The number of carbonyl (C=O) groups is 3. The molecule has 0 aromatic heterocycles. The maximum atomic E-state index is 12.8. The Balaban J connectivity index is 1.37. The summed E-state index contributed by atoms with van der Waals surface area (Å²) < 4.78 is 5.59. The van der Waals surface area contributed by atoms with Crippen LogP contribution >= 0.6 is 0 Å². The predicted octanol–water partition coefficient (Wildman–Crippen LogP) is 3.13. The summed E-state index contributed by atoms with van der Waals surface area (Å²) >= 11 is 0. The molecule has 4 rings (SSSR count). The summed E-state index contributed by atoms with van der Waals surface area (Å²) in [5.41, 5.74) is 4.51. The fraction of sp³-hybridized carbons (Fsp3) is 0.423. The highest BCUT2D eigenvalue weighted by Crippen LogP contribution is 2.44. The van der Waals surface area contributed by atoms with E-state index in [0.29, 0.717) is 6.42 Å². The first-order valence-corrected chi connectivity index (χ1v) is 11.7. The lowest BCUT2D eigenvalue weighted by Gasteiger charge is -2.25. The predicted molar refractivity (Wildman–Crippen MR) is 125 cm³/mol. The van der Waals surface area contributed by atoms with Gasteiger partial charge in [-0.2, -0.15) is 0 Å². The van der Waals surface area contributed by atoms with Crippen LogP contribution in [-0.4, -0.2) is 64.4 Å². The Morgan fingerprint density at radius 3 is 2.29 bits per heavy atom. The average molecular weight is 467 g/mol. The Kier molecular flexibility index (Phi) is 7.17. The van der Waals surface area contributed by atoms with Crippen molar-refractivity contribution >= 4 is 18.0 Å². The van der Waals surface area contributed by atoms with E-state index in [4.69, 9.17) is 4.74 Å². The first kappa shape index (κ1) is 23.8. The molecule has 8 heteroatoms. The van der Waals surface area contributed by atoms with Crippen molar-refractivity contribution in [2.45, 2.75) is 56.7 Å². The van der Waals surface area contributed by atoms with E-state index in [2.05, 4.69) is 17.4 Å². The van der Waals surface area contributed by atoms with Crippen molar-refractivity contribution in [3.63, 3.8) is 0 Å². The van der Waals surface area contributed by atoms with Crippen LogP contribution in [0.25, 0.3) is 11.1 Å². The molecule has 180 valence electrons.